The number of aromatic nitrogens is 1. The number of aryl methyl sites for hydroxylation is 2. The van der Waals surface area contributed by atoms with Crippen LogP contribution in [0.2, 0.25) is 0 Å². The fourth-order valence-corrected chi connectivity index (χ4v) is 3.79. The van der Waals surface area contributed by atoms with Crippen molar-refractivity contribution >= 4 is 46.5 Å². The number of urea groups is 1. The molecule has 0 saturated carbocycles. The van der Waals surface area contributed by atoms with Crippen LogP contribution in [-0.2, 0) is 20.9 Å². The number of hydrogen-bond acceptors (Lipinski definition) is 4. The highest BCUT2D eigenvalue weighted by atomic mass is 16.4. The lowest BCUT2D eigenvalue weighted by Gasteiger charge is -2.26. The van der Waals surface area contributed by atoms with Crippen molar-refractivity contribution < 1.29 is 24.3 Å². The van der Waals surface area contributed by atoms with Crippen LogP contribution in [-0.4, -0.2) is 33.5 Å². The van der Waals surface area contributed by atoms with Gasteiger partial charge in [0.2, 0.25) is 0 Å². The van der Waals surface area contributed by atoms with Crippen LogP contribution >= 0.6 is 0 Å². The Morgan fingerprint density at radius 3 is 2.42 bits per heavy atom. The van der Waals surface area contributed by atoms with E-state index in [4.69, 9.17) is 0 Å². The zero-order chi connectivity index (χ0) is 22.3. The van der Waals surface area contributed by atoms with Crippen molar-refractivity contribution in [1.82, 2.24) is 9.88 Å². The van der Waals surface area contributed by atoms with Crippen molar-refractivity contribution in [3.8, 4) is 0 Å². The fraction of sp³-hybridized carbons (Fsp3) is 0.130. The molecule has 31 heavy (non-hydrogen) atoms. The van der Waals surface area contributed by atoms with Crippen LogP contribution in [0.1, 0.15) is 16.7 Å². The normalized spacial score (nSPS) is 15.6. The van der Waals surface area contributed by atoms with E-state index in [1.807, 2.05) is 19.9 Å². The molecule has 4 rings (SSSR count). The first kappa shape index (κ1) is 20.1. The number of imide groups is 2. The molecule has 0 aliphatic carbocycles. The molecule has 0 bridgehead atoms. The highest BCUT2D eigenvalue weighted by Gasteiger charge is 2.37. The minimum absolute atomic E-state index is 0.211. The van der Waals surface area contributed by atoms with E-state index < -0.39 is 23.8 Å². The summed E-state index contributed by atoms with van der Waals surface area (Å²) in [7, 11) is 0. The van der Waals surface area contributed by atoms with Crippen molar-refractivity contribution in [2.24, 2.45) is 0 Å². The number of amides is 4. The highest BCUT2D eigenvalue weighted by Crippen LogP contribution is 2.27. The van der Waals surface area contributed by atoms with Crippen LogP contribution in [0.15, 0.2) is 54.2 Å². The summed E-state index contributed by atoms with van der Waals surface area (Å²) in [4.78, 5) is 50.3. The molecule has 0 atom stereocenters. The minimum Gasteiger partial charge on any atom is -0.480 e. The summed E-state index contributed by atoms with van der Waals surface area (Å²) in [6.45, 7) is 3.43. The summed E-state index contributed by atoms with van der Waals surface area (Å²) < 4.78 is 1.53. The molecular weight excluding hydrogens is 398 g/mol. The molecule has 0 unspecified atom stereocenters. The number of aliphatic carboxylic acids is 1. The van der Waals surface area contributed by atoms with Crippen molar-refractivity contribution in [2.45, 2.75) is 20.4 Å². The zero-order valence-corrected chi connectivity index (χ0v) is 16.9. The standard InChI is InChI=1S/C23H19N3O5/c1-13-7-14(2)9-16(8-13)26-22(30)18(21(29)24-23(26)31)10-15-11-25(12-20(27)28)19-6-4-3-5-17(15)19/h3-11H,12H2,1-2H3,(H,27,28)(H,24,29,31)/b18-10-. The number of carboxylic acids is 1. The maximum atomic E-state index is 13.2. The second-order valence-electron chi connectivity index (χ2n) is 7.43. The summed E-state index contributed by atoms with van der Waals surface area (Å²) in [5.74, 6) is -2.56. The van der Waals surface area contributed by atoms with Gasteiger partial charge in [0.1, 0.15) is 12.1 Å². The molecule has 2 aromatic carbocycles. The number of hydrogen-bond donors (Lipinski definition) is 2. The van der Waals surface area contributed by atoms with Gasteiger partial charge in [0, 0.05) is 22.7 Å². The van der Waals surface area contributed by atoms with Crippen molar-refractivity contribution in [3.63, 3.8) is 0 Å². The summed E-state index contributed by atoms with van der Waals surface area (Å²) in [6, 6.07) is 11.6. The van der Waals surface area contributed by atoms with E-state index in [0.717, 1.165) is 16.0 Å². The van der Waals surface area contributed by atoms with Crippen LogP contribution < -0.4 is 10.2 Å². The SMILES string of the molecule is Cc1cc(C)cc(N2C(=O)NC(=O)/C(=C/c3cn(CC(=O)O)c4ccccc34)C2=O)c1. The molecule has 0 radical (unpaired) electrons. The largest absolute Gasteiger partial charge is 0.480 e. The molecule has 1 saturated heterocycles. The molecule has 8 nitrogen and oxygen atoms in total. The first-order valence-corrected chi connectivity index (χ1v) is 9.54. The van der Waals surface area contributed by atoms with E-state index in [9.17, 15) is 24.3 Å². The Balaban J connectivity index is 1.82. The number of benzene rings is 2. The van der Waals surface area contributed by atoms with Gasteiger partial charge >= 0.3 is 12.0 Å². The van der Waals surface area contributed by atoms with Gasteiger partial charge in [0.15, 0.2) is 0 Å². The Hall–Kier alpha value is -4.20. The summed E-state index contributed by atoms with van der Waals surface area (Å²) >= 11 is 0. The number of anilines is 1. The number of fused-ring (bicyclic) bond motifs is 1. The molecule has 3 aromatic rings. The molecule has 1 aliphatic rings. The van der Waals surface area contributed by atoms with Crippen LogP contribution in [0.3, 0.4) is 0 Å². The highest BCUT2D eigenvalue weighted by molar-refractivity contribution is 6.39. The number of nitrogens with zero attached hydrogens (tertiary/aromatic N) is 2. The van der Waals surface area contributed by atoms with E-state index >= 15 is 0 Å². The van der Waals surface area contributed by atoms with Gasteiger partial charge < -0.3 is 9.67 Å². The van der Waals surface area contributed by atoms with Crippen molar-refractivity contribution in [3.05, 3.63) is 70.9 Å². The second kappa shape index (κ2) is 7.56. The van der Waals surface area contributed by atoms with Crippen LogP contribution in [0.4, 0.5) is 10.5 Å². The Labute approximate surface area is 177 Å². The Kier molecular flexibility index (Phi) is 4.90. The first-order valence-electron chi connectivity index (χ1n) is 9.54. The molecule has 2 heterocycles. The summed E-state index contributed by atoms with van der Waals surface area (Å²) in [5, 5.41) is 12.1. The summed E-state index contributed by atoms with van der Waals surface area (Å²) in [6.07, 6.45) is 2.96. The predicted molar refractivity (Wildman–Crippen MR) is 114 cm³/mol. The number of barbiturate groups is 1. The number of carbonyl (C=O) groups is 4. The van der Waals surface area contributed by atoms with Gasteiger partial charge in [0.05, 0.1) is 5.69 Å². The minimum atomic E-state index is -1.02. The average Bonchev–Trinajstić information content (AvgIpc) is 3.01. The van der Waals surface area contributed by atoms with Crippen molar-refractivity contribution in [2.75, 3.05) is 4.90 Å². The third-order valence-electron chi connectivity index (χ3n) is 4.99. The molecular formula is C23H19N3O5. The monoisotopic (exact) mass is 417 g/mol. The van der Waals surface area contributed by atoms with E-state index in [2.05, 4.69) is 5.32 Å². The first-order chi connectivity index (χ1) is 14.7. The quantitative estimate of drug-likeness (QED) is 0.501. The van der Waals surface area contributed by atoms with Crippen LogP contribution in [0.5, 0.6) is 0 Å². The molecule has 156 valence electrons. The number of carbonyl (C=O) groups excluding carboxylic acids is 3. The van der Waals surface area contributed by atoms with Gasteiger partial charge in [-0.2, -0.15) is 0 Å². The third-order valence-corrected chi connectivity index (χ3v) is 4.99. The molecule has 2 N–H and O–H groups in total. The lowest BCUT2D eigenvalue weighted by molar-refractivity contribution is -0.137. The van der Waals surface area contributed by atoms with Gasteiger partial charge in [-0.15, -0.1) is 0 Å². The van der Waals surface area contributed by atoms with E-state index in [-0.39, 0.29) is 12.1 Å². The fourth-order valence-electron chi connectivity index (χ4n) is 3.79. The maximum Gasteiger partial charge on any atom is 0.335 e. The van der Waals surface area contributed by atoms with E-state index in [1.54, 1.807) is 42.6 Å². The van der Waals surface area contributed by atoms with E-state index in [1.165, 1.54) is 10.6 Å². The van der Waals surface area contributed by atoms with Gasteiger partial charge in [-0.3, -0.25) is 19.7 Å². The molecule has 4 amide bonds. The average molecular weight is 417 g/mol. The van der Waals surface area contributed by atoms with Gasteiger partial charge in [-0.05, 0) is 49.2 Å². The third kappa shape index (κ3) is 3.71. The Morgan fingerprint density at radius 2 is 1.74 bits per heavy atom. The molecule has 1 aromatic heterocycles. The number of rotatable bonds is 4. The van der Waals surface area contributed by atoms with Gasteiger partial charge in [-0.1, -0.05) is 24.3 Å². The number of carboxylic acid groups (broad SMARTS) is 1. The molecule has 8 heteroatoms. The lowest BCUT2D eigenvalue weighted by Crippen LogP contribution is -2.54. The van der Waals surface area contributed by atoms with Crippen LogP contribution in [0.25, 0.3) is 17.0 Å². The molecule has 1 aliphatic heterocycles. The van der Waals surface area contributed by atoms with Crippen LogP contribution in [0, 0.1) is 13.8 Å². The Bertz CT molecular complexity index is 1280. The van der Waals surface area contributed by atoms with E-state index in [0.29, 0.717) is 22.2 Å². The van der Waals surface area contributed by atoms with Gasteiger partial charge in [0.25, 0.3) is 11.8 Å². The molecule has 1 fully saturated rings. The second-order valence-corrected chi connectivity index (χ2v) is 7.43. The number of nitrogens with one attached hydrogen (secondary N) is 1. The Morgan fingerprint density at radius 1 is 1.06 bits per heavy atom. The zero-order valence-electron chi connectivity index (χ0n) is 16.9. The predicted octanol–water partition coefficient (Wildman–Crippen LogP) is 3.01. The topological polar surface area (TPSA) is 109 Å². The van der Waals surface area contributed by atoms with Gasteiger partial charge in [-0.25, -0.2) is 9.69 Å². The summed E-state index contributed by atoms with van der Waals surface area (Å²) in [5.41, 5.74) is 3.06. The smallest absolute Gasteiger partial charge is 0.335 e. The maximum absolute atomic E-state index is 13.2. The molecule has 0 spiro atoms. The lowest BCUT2D eigenvalue weighted by atomic mass is 10.0. The van der Waals surface area contributed by atoms with Crippen molar-refractivity contribution in [1.29, 1.82) is 0 Å². The number of para-hydroxylation sites is 1.